The van der Waals surface area contributed by atoms with Gasteiger partial charge in [0.2, 0.25) is 5.91 Å². The van der Waals surface area contributed by atoms with Gasteiger partial charge in [-0.2, -0.15) is 0 Å². The lowest BCUT2D eigenvalue weighted by atomic mass is 9.97. The van der Waals surface area contributed by atoms with Gasteiger partial charge in [0.25, 0.3) is 5.91 Å². The molecule has 3 aromatic rings. The van der Waals surface area contributed by atoms with E-state index in [1.807, 2.05) is 6.07 Å². The molecule has 1 aliphatic rings. The summed E-state index contributed by atoms with van der Waals surface area (Å²) in [6.07, 6.45) is 0.850. The number of carbonyl (C=O) groups excluding carboxylic acids is 2. The summed E-state index contributed by atoms with van der Waals surface area (Å²) < 4.78 is 20.0. The average Bonchev–Trinajstić information content (AvgIpc) is 3.20. The zero-order valence-corrected chi connectivity index (χ0v) is 18.2. The van der Waals surface area contributed by atoms with Crippen molar-refractivity contribution in [2.75, 3.05) is 7.11 Å². The van der Waals surface area contributed by atoms with Crippen LogP contribution < -0.4 is 10.5 Å². The minimum absolute atomic E-state index is 0.230. The molecule has 0 bridgehead atoms. The van der Waals surface area contributed by atoms with E-state index in [4.69, 9.17) is 22.1 Å². The summed E-state index contributed by atoms with van der Waals surface area (Å²) in [5.74, 6) is -1.17. The van der Waals surface area contributed by atoms with Crippen molar-refractivity contribution in [3.63, 3.8) is 0 Å². The van der Waals surface area contributed by atoms with Crippen LogP contribution in [0.1, 0.15) is 45.6 Å². The maximum atomic E-state index is 14.6. The van der Waals surface area contributed by atoms with Crippen molar-refractivity contribution in [3.8, 4) is 5.75 Å². The number of carbonyl (C=O) groups is 2. The molecule has 2 amide bonds. The lowest BCUT2D eigenvalue weighted by Crippen LogP contribution is -2.43. The molecule has 4 rings (SSSR count). The lowest BCUT2D eigenvalue weighted by Gasteiger charge is -2.36. The van der Waals surface area contributed by atoms with Crippen LogP contribution in [0.5, 0.6) is 5.75 Å². The summed E-state index contributed by atoms with van der Waals surface area (Å²) in [6, 6.07) is 16.9. The van der Waals surface area contributed by atoms with Gasteiger partial charge in [0.15, 0.2) is 0 Å². The first kappa shape index (κ1) is 21.8. The molecule has 2 atom stereocenters. The van der Waals surface area contributed by atoms with Gasteiger partial charge >= 0.3 is 0 Å². The average molecular weight is 453 g/mol. The zero-order valence-electron chi connectivity index (χ0n) is 17.4. The Kier molecular flexibility index (Phi) is 6.15. The molecule has 0 saturated heterocycles. The molecule has 0 aromatic heterocycles. The lowest BCUT2D eigenvalue weighted by molar-refractivity contribution is -0.123. The third-order valence-electron chi connectivity index (χ3n) is 5.79. The number of para-hydroxylation sites is 1. The first-order valence-electron chi connectivity index (χ1n) is 10.2. The number of primary amides is 1. The highest BCUT2D eigenvalue weighted by Crippen LogP contribution is 2.43. The Bertz CT molecular complexity index is 1170. The monoisotopic (exact) mass is 452 g/mol. The van der Waals surface area contributed by atoms with Gasteiger partial charge in [-0.25, -0.2) is 4.39 Å². The molecule has 0 aliphatic heterocycles. The number of fused-ring (bicyclic) bond motifs is 1. The molecule has 0 heterocycles. The number of nitrogens with zero attached hydrogens (tertiary/aromatic N) is 1. The number of benzene rings is 3. The maximum absolute atomic E-state index is 14.6. The quantitative estimate of drug-likeness (QED) is 0.581. The first-order chi connectivity index (χ1) is 15.4. The number of halogens is 2. The smallest absolute Gasteiger partial charge is 0.259 e. The zero-order chi connectivity index (χ0) is 22.8. The summed E-state index contributed by atoms with van der Waals surface area (Å²) >= 11 is 6.15. The van der Waals surface area contributed by atoms with E-state index in [0.29, 0.717) is 35.3 Å². The number of hydrogen-bond acceptors (Lipinski definition) is 3. The highest BCUT2D eigenvalue weighted by molar-refractivity contribution is 6.30. The molecule has 1 aliphatic carbocycles. The molecule has 0 radical (unpaired) electrons. The van der Waals surface area contributed by atoms with E-state index in [2.05, 4.69) is 0 Å². The summed E-state index contributed by atoms with van der Waals surface area (Å²) in [5.41, 5.74) is 7.77. The SMILES string of the molecule is COc1ccccc1C(=O)N(C(C(N)=O)c1ccccc1)[C@@H]1CCc2c(F)cc(Cl)cc21. The van der Waals surface area contributed by atoms with Gasteiger partial charge in [-0.3, -0.25) is 9.59 Å². The minimum atomic E-state index is -1.06. The number of rotatable bonds is 6. The van der Waals surface area contributed by atoms with Gasteiger partial charge in [0, 0.05) is 5.02 Å². The van der Waals surface area contributed by atoms with Crippen molar-refractivity contribution < 1.29 is 18.7 Å². The van der Waals surface area contributed by atoms with Gasteiger partial charge in [0.1, 0.15) is 17.6 Å². The third-order valence-corrected chi connectivity index (χ3v) is 6.01. The van der Waals surface area contributed by atoms with E-state index in [0.717, 1.165) is 0 Å². The van der Waals surface area contributed by atoms with Gasteiger partial charge < -0.3 is 15.4 Å². The molecule has 1 unspecified atom stereocenters. The maximum Gasteiger partial charge on any atom is 0.259 e. The topological polar surface area (TPSA) is 72.6 Å². The third kappa shape index (κ3) is 3.94. The van der Waals surface area contributed by atoms with Crippen LogP contribution in [0.4, 0.5) is 4.39 Å². The van der Waals surface area contributed by atoms with Crippen LogP contribution >= 0.6 is 11.6 Å². The standard InChI is InChI=1S/C25H22ClFN2O3/c1-32-22-10-6-5-9-18(22)25(31)29(23(24(28)30)15-7-3-2-4-8-15)21-12-11-17-19(21)13-16(26)14-20(17)27/h2-10,13-14,21,23H,11-12H2,1H3,(H2,28,30)/t21-,23?/m1/s1. The molecule has 0 saturated carbocycles. The molecular weight excluding hydrogens is 431 g/mol. The van der Waals surface area contributed by atoms with Crippen LogP contribution in [0.3, 0.4) is 0 Å². The molecule has 5 nitrogen and oxygen atoms in total. The second-order valence-electron chi connectivity index (χ2n) is 7.64. The van der Waals surface area contributed by atoms with Gasteiger partial charge in [-0.15, -0.1) is 0 Å². The van der Waals surface area contributed by atoms with E-state index in [1.165, 1.54) is 18.1 Å². The van der Waals surface area contributed by atoms with Crippen LogP contribution in [0.2, 0.25) is 5.02 Å². The predicted octanol–water partition coefficient (Wildman–Crippen LogP) is 4.84. The van der Waals surface area contributed by atoms with Gasteiger partial charge in [-0.1, -0.05) is 54.1 Å². The van der Waals surface area contributed by atoms with Crippen molar-refractivity contribution in [1.82, 2.24) is 4.90 Å². The van der Waals surface area contributed by atoms with E-state index in [-0.39, 0.29) is 10.6 Å². The predicted molar refractivity (Wildman–Crippen MR) is 120 cm³/mol. The highest BCUT2D eigenvalue weighted by Gasteiger charge is 2.41. The van der Waals surface area contributed by atoms with Crippen molar-refractivity contribution in [2.45, 2.75) is 24.9 Å². The van der Waals surface area contributed by atoms with Crippen molar-refractivity contribution in [3.05, 3.63) is 99.8 Å². The minimum Gasteiger partial charge on any atom is -0.496 e. The number of hydrogen-bond donors (Lipinski definition) is 1. The van der Waals surface area contributed by atoms with E-state index >= 15 is 0 Å². The van der Waals surface area contributed by atoms with Crippen LogP contribution in [-0.2, 0) is 11.2 Å². The molecule has 7 heteroatoms. The van der Waals surface area contributed by atoms with Crippen molar-refractivity contribution in [1.29, 1.82) is 0 Å². The molecule has 0 spiro atoms. The molecule has 164 valence electrons. The van der Waals surface area contributed by atoms with Crippen molar-refractivity contribution in [2.24, 2.45) is 5.73 Å². The van der Waals surface area contributed by atoms with Crippen LogP contribution in [-0.4, -0.2) is 23.8 Å². The van der Waals surface area contributed by atoms with Crippen LogP contribution in [0.25, 0.3) is 0 Å². The fourth-order valence-electron chi connectivity index (χ4n) is 4.41. The van der Waals surface area contributed by atoms with Gasteiger partial charge in [-0.05, 0) is 53.8 Å². The molecule has 0 fully saturated rings. The summed E-state index contributed by atoms with van der Waals surface area (Å²) in [6.45, 7) is 0. The van der Waals surface area contributed by atoms with Gasteiger partial charge in [0.05, 0.1) is 18.7 Å². The largest absolute Gasteiger partial charge is 0.496 e. The normalized spacial score (nSPS) is 15.7. The van der Waals surface area contributed by atoms with Crippen molar-refractivity contribution >= 4 is 23.4 Å². The number of amides is 2. The fourth-order valence-corrected chi connectivity index (χ4v) is 4.62. The van der Waals surface area contributed by atoms with E-state index in [9.17, 15) is 14.0 Å². The summed E-state index contributed by atoms with van der Waals surface area (Å²) in [4.78, 5) is 28.1. The van der Waals surface area contributed by atoms with Crippen LogP contribution in [0, 0.1) is 5.82 Å². The number of ether oxygens (including phenoxy) is 1. The summed E-state index contributed by atoms with van der Waals surface area (Å²) in [7, 11) is 1.47. The Morgan fingerprint density at radius 2 is 1.81 bits per heavy atom. The van der Waals surface area contributed by atoms with E-state index < -0.39 is 29.7 Å². The Hall–Kier alpha value is -3.38. The van der Waals surface area contributed by atoms with Crippen LogP contribution in [0.15, 0.2) is 66.7 Å². The Labute approximate surface area is 190 Å². The molecule has 32 heavy (non-hydrogen) atoms. The molecule has 2 N–H and O–H groups in total. The highest BCUT2D eigenvalue weighted by atomic mass is 35.5. The molecule has 3 aromatic carbocycles. The van der Waals surface area contributed by atoms with E-state index in [1.54, 1.807) is 54.6 Å². The summed E-state index contributed by atoms with van der Waals surface area (Å²) in [5, 5.41) is 0.230. The second kappa shape index (κ2) is 9.01. The second-order valence-corrected chi connectivity index (χ2v) is 8.07. The molecular formula is C25H22ClFN2O3. The Morgan fingerprint density at radius 3 is 2.50 bits per heavy atom. The number of nitrogens with two attached hydrogens (primary N) is 1. The number of methoxy groups -OCH3 is 1. The fraction of sp³-hybridized carbons (Fsp3) is 0.200. The Balaban J connectivity index is 1.91. The Morgan fingerprint density at radius 1 is 1.12 bits per heavy atom. The first-order valence-corrected chi connectivity index (χ1v) is 10.6.